The van der Waals surface area contributed by atoms with Crippen LogP contribution in [0, 0.1) is 0 Å². The summed E-state index contributed by atoms with van der Waals surface area (Å²) in [5.74, 6) is 1.20. The minimum Gasteiger partial charge on any atom is -0.459 e. The minimum absolute atomic E-state index is 0.175. The highest BCUT2D eigenvalue weighted by atomic mass is 35.5. The molecule has 9 nitrogen and oxygen atoms in total. The van der Waals surface area contributed by atoms with Crippen molar-refractivity contribution in [1.82, 2.24) is 15.5 Å². The summed E-state index contributed by atoms with van der Waals surface area (Å²) in [7, 11) is 0. The van der Waals surface area contributed by atoms with Crippen LogP contribution in [0.4, 0.5) is 16.2 Å². The van der Waals surface area contributed by atoms with E-state index in [-0.39, 0.29) is 22.7 Å². The standard InChI is InChI=1S/C20H22ClN5O4/c1-12(2)18-25-17(30-26-18)6-3-9-22-20(28)23-13-7-8-15(14(21)11-13)24-19(27)16-5-4-10-29-16/h4-5,7-8,10-12H,3,6,9H2,1-2H3,(H,24,27)(H2,22,23,28). The van der Waals surface area contributed by atoms with Crippen molar-refractivity contribution in [3.63, 3.8) is 0 Å². The van der Waals surface area contributed by atoms with Crippen LogP contribution in [0.25, 0.3) is 0 Å². The van der Waals surface area contributed by atoms with Crippen molar-refractivity contribution in [1.29, 1.82) is 0 Å². The second-order valence-corrected chi connectivity index (χ2v) is 7.22. The molecule has 2 heterocycles. The lowest BCUT2D eigenvalue weighted by Gasteiger charge is -2.10. The number of nitrogens with zero attached hydrogens (tertiary/aromatic N) is 2. The molecule has 3 rings (SSSR count). The number of anilines is 2. The second kappa shape index (κ2) is 9.93. The highest BCUT2D eigenvalue weighted by molar-refractivity contribution is 6.34. The number of carbonyl (C=O) groups is 2. The van der Waals surface area contributed by atoms with Gasteiger partial charge in [0.15, 0.2) is 11.6 Å². The fourth-order valence-electron chi connectivity index (χ4n) is 2.51. The van der Waals surface area contributed by atoms with Crippen molar-refractivity contribution >= 4 is 34.9 Å². The zero-order valence-corrected chi connectivity index (χ0v) is 17.3. The Bertz CT molecular complexity index is 1000. The molecule has 3 aromatic rings. The van der Waals surface area contributed by atoms with E-state index < -0.39 is 5.91 Å². The van der Waals surface area contributed by atoms with Gasteiger partial charge in [-0.2, -0.15) is 4.98 Å². The number of rotatable bonds is 8. The van der Waals surface area contributed by atoms with E-state index in [4.69, 9.17) is 20.5 Å². The van der Waals surface area contributed by atoms with Crippen molar-refractivity contribution < 1.29 is 18.5 Å². The van der Waals surface area contributed by atoms with Gasteiger partial charge in [-0.1, -0.05) is 30.6 Å². The molecule has 10 heteroatoms. The molecular weight excluding hydrogens is 410 g/mol. The zero-order valence-electron chi connectivity index (χ0n) is 16.6. The number of furan rings is 1. The molecule has 1 aromatic carbocycles. The van der Waals surface area contributed by atoms with Gasteiger partial charge in [-0.15, -0.1) is 0 Å². The van der Waals surface area contributed by atoms with Crippen LogP contribution in [0.3, 0.4) is 0 Å². The minimum atomic E-state index is -0.415. The first-order valence-corrected chi connectivity index (χ1v) is 9.82. The summed E-state index contributed by atoms with van der Waals surface area (Å²) in [6.07, 6.45) is 2.65. The molecule has 158 valence electrons. The summed E-state index contributed by atoms with van der Waals surface area (Å²) in [4.78, 5) is 28.4. The smallest absolute Gasteiger partial charge is 0.319 e. The third-order valence-electron chi connectivity index (χ3n) is 4.07. The van der Waals surface area contributed by atoms with Gasteiger partial charge in [0.1, 0.15) is 0 Å². The Labute approximate surface area is 178 Å². The van der Waals surface area contributed by atoms with Crippen molar-refractivity contribution in [3.8, 4) is 0 Å². The maximum Gasteiger partial charge on any atom is 0.319 e. The van der Waals surface area contributed by atoms with E-state index in [2.05, 4.69) is 26.1 Å². The molecule has 3 amide bonds. The monoisotopic (exact) mass is 431 g/mol. The topological polar surface area (TPSA) is 122 Å². The van der Waals surface area contributed by atoms with Gasteiger partial charge in [0.05, 0.1) is 17.0 Å². The number of nitrogens with one attached hydrogen (secondary N) is 3. The number of urea groups is 1. The largest absolute Gasteiger partial charge is 0.459 e. The Morgan fingerprint density at radius 2 is 2.03 bits per heavy atom. The quantitative estimate of drug-likeness (QED) is 0.453. The van der Waals surface area contributed by atoms with E-state index in [1.807, 2.05) is 13.8 Å². The number of amides is 3. The lowest BCUT2D eigenvalue weighted by molar-refractivity contribution is 0.0996. The van der Waals surface area contributed by atoms with E-state index in [0.717, 1.165) is 0 Å². The summed E-state index contributed by atoms with van der Waals surface area (Å²) in [6, 6.07) is 7.57. The normalized spacial score (nSPS) is 10.8. The lowest BCUT2D eigenvalue weighted by Crippen LogP contribution is -2.29. The molecule has 0 saturated carbocycles. The highest BCUT2D eigenvalue weighted by Crippen LogP contribution is 2.26. The van der Waals surface area contributed by atoms with Crippen LogP contribution in [-0.2, 0) is 6.42 Å². The molecule has 0 saturated heterocycles. The molecule has 0 spiro atoms. The van der Waals surface area contributed by atoms with E-state index in [9.17, 15) is 9.59 Å². The number of benzene rings is 1. The van der Waals surface area contributed by atoms with Crippen molar-refractivity contribution in [2.24, 2.45) is 0 Å². The van der Waals surface area contributed by atoms with Crippen LogP contribution in [0.2, 0.25) is 5.02 Å². The first-order chi connectivity index (χ1) is 14.4. The van der Waals surface area contributed by atoms with Crippen LogP contribution in [0.1, 0.15) is 48.5 Å². The molecule has 0 bridgehead atoms. The van der Waals surface area contributed by atoms with Gasteiger partial charge in [-0.25, -0.2) is 4.79 Å². The van der Waals surface area contributed by atoms with Gasteiger partial charge in [0, 0.05) is 24.6 Å². The van der Waals surface area contributed by atoms with Crippen LogP contribution < -0.4 is 16.0 Å². The molecule has 0 aliphatic carbocycles. The van der Waals surface area contributed by atoms with Crippen LogP contribution in [-0.4, -0.2) is 28.6 Å². The van der Waals surface area contributed by atoms with Gasteiger partial charge in [0.2, 0.25) is 5.89 Å². The first-order valence-electron chi connectivity index (χ1n) is 9.44. The summed E-state index contributed by atoms with van der Waals surface area (Å²) in [5, 5.41) is 12.3. The Kier molecular flexibility index (Phi) is 7.08. The molecule has 30 heavy (non-hydrogen) atoms. The van der Waals surface area contributed by atoms with Crippen LogP contribution in [0.5, 0.6) is 0 Å². The molecule has 0 atom stereocenters. The van der Waals surface area contributed by atoms with Gasteiger partial charge in [-0.3, -0.25) is 4.79 Å². The maximum atomic E-state index is 12.0. The van der Waals surface area contributed by atoms with Crippen LogP contribution >= 0.6 is 11.6 Å². The maximum absolute atomic E-state index is 12.0. The fourth-order valence-corrected chi connectivity index (χ4v) is 2.73. The molecular formula is C20H22ClN5O4. The number of halogens is 1. The SMILES string of the molecule is CC(C)c1noc(CCCNC(=O)Nc2ccc(NC(=O)c3ccco3)c(Cl)c2)n1. The average molecular weight is 432 g/mol. The van der Waals surface area contributed by atoms with E-state index in [1.165, 1.54) is 6.26 Å². The Morgan fingerprint density at radius 1 is 1.20 bits per heavy atom. The molecule has 2 aromatic heterocycles. The summed E-state index contributed by atoms with van der Waals surface area (Å²) in [6.45, 7) is 4.43. The zero-order chi connectivity index (χ0) is 21.5. The summed E-state index contributed by atoms with van der Waals surface area (Å²) < 4.78 is 10.2. The van der Waals surface area contributed by atoms with E-state index in [0.29, 0.717) is 42.5 Å². The van der Waals surface area contributed by atoms with Gasteiger partial charge >= 0.3 is 6.03 Å². The Morgan fingerprint density at radius 3 is 2.70 bits per heavy atom. The van der Waals surface area contributed by atoms with Crippen molar-refractivity contribution in [3.05, 3.63) is 59.1 Å². The molecule has 0 radical (unpaired) electrons. The first kappa shape index (κ1) is 21.4. The Hall–Kier alpha value is -3.33. The molecule has 0 aliphatic heterocycles. The van der Waals surface area contributed by atoms with E-state index in [1.54, 1.807) is 30.3 Å². The van der Waals surface area contributed by atoms with E-state index >= 15 is 0 Å². The number of hydrogen-bond acceptors (Lipinski definition) is 6. The molecule has 0 aliphatic rings. The number of aromatic nitrogens is 2. The summed E-state index contributed by atoms with van der Waals surface area (Å²) in [5.41, 5.74) is 0.899. The fraction of sp³-hybridized carbons (Fsp3) is 0.300. The third kappa shape index (κ3) is 5.84. The number of carbonyl (C=O) groups excluding carboxylic acids is 2. The predicted octanol–water partition coefficient (Wildman–Crippen LogP) is 4.45. The van der Waals surface area contributed by atoms with Gasteiger partial charge in [-0.05, 0) is 36.8 Å². The van der Waals surface area contributed by atoms with Gasteiger partial charge in [0.25, 0.3) is 5.91 Å². The number of aryl methyl sites for hydroxylation is 1. The molecule has 0 unspecified atom stereocenters. The molecule has 3 N–H and O–H groups in total. The van der Waals surface area contributed by atoms with Crippen molar-refractivity contribution in [2.45, 2.75) is 32.6 Å². The van der Waals surface area contributed by atoms with Crippen molar-refractivity contribution in [2.75, 3.05) is 17.2 Å². The summed E-state index contributed by atoms with van der Waals surface area (Å²) >= 11 is 6.20. The average Bonchev–Trinajstić information content (AvgIpc) is 3.39. The lowest BCUT2D eigenvalue weighted by atomic mass is 10.2. The number of hydrogen-bond donors (Lipinski definition) is 3. The molecule has 0 fully saturated rings. The predicted molar refractivity (Wildman–Crippen MR) is 112 cm³/mol. The van der Waals surface area contributed by atoms with Gasteiger partial charge < -0.3 is 24.9 Å². The Balaban J connectivity index is 1.43. The highest BCUT2D eigenvalue weighted by Gasteiger charge is 2.12. The second-order valence-electron chi connectivity index (χ2n) is 6.81. The third-order valence-corrected chi connectivity index (χ3v) is 4.39. The van der Waals surface area contributed by atoms with Crippen LogP contribution in [0.15, 0.2) is 45.5 Å².